The Morgan fingerprint density at radius 2 is 1.80 bits per heavy atom. The molecule has 0 spiro atoms. The molecule has 35 heavy (non-hydrogen) atoms. The average molecular weight is 474 g/mol. The van der Waals surface area contributed by atoms with Crippen LogP contribution >= 0.6 is 0 Å². The zero-order valence-corrected chi connectivity index (χ0v) is 21.3. The first-order chi connectivity index (χ1) is 16.6. The fourth-order valence-corrected chi connectivity index (χ4v) is 6.49. The van der Waals surface area contributed by atoms with Crippen LogP contribution in [0.1, 0.15) is 50.4 Å². The van der Waals surface area contributed by atoms with E-state index in [1.165, 1.54) is 12.8 Å². The van der Waals surface area contributed by atoms with Gasteiger partial charge in [0.15, 0.2) is 5.69 Å². The molecule has 2 atom stereocenters. The third kappa shape index (κ3) is 4.45. The van der Waals surface area contributed by atoms with Gasteiger partial charge in [0.1, 0.15) is 0 Å². The summed E-state index contributed by atoms with van der Waals surface area (Å²) in [6.45, 7) is 8.74. The van der Waals surface area contributed by atoms with E-state index >= 15 is 0 Å². The van der Waals surface area contributed by atoms with Gasteiger partial charge in [-0.05, 0) is 60.4 Å². The molecule has 7 nitrogen and oxygen atoms in total. The van der Waals surface area contributed by atoms with E-state index in [2.05, 4.69) is 35.9 Å². The molecule has 184 valence electrons. The van der Waals surface area contributed by atoms with E-state index in [4.69, 9.17) is 0 Å². The van der Waals surface area contributed by atoms with Crippen LogP contribution in [0, 0.1) is 10.8 Å². The number of carbonyl (C=O) groups excluding carboxylic acids is 1. The van der Waals surface area contributed by atoms with Crippen molar-refractivity contribution in [3.8, 4) is 5.88 Å². The van der Waals surface area contributed by atoms with Crippen LogP contribution in [0.4, 0.5) is 11.4 Å². The van der Waals surface area contributed by atoms with Crippen LogP contribution in [0.5, 0.6) is 5.88 Å². The minimum Gasteiger partial charge on any atom is -0.493 e. The molecule has 1 aliphatic carbocycles. The summed E-state index contributed by atoms with van der Waals surface area (Å²) in [5, 5.41) is 20.2. The van der Waals surface area contributed by atoms with Gasteiger partial charge in [0.2, 0.25) is 5.88 Å². The molecule has 1 aliphatic heterocycles. The molecule has 1 saturated heterocycles. The van der Waals surface area contributed by atoms with E-state index in [0.717, 1.165) is 29.6 Å². The van der Waals surface area contributed by atoms with E-state index in [0.29, 0.717) is 34.8 Å². The Hall–Kier alpha value is -3.19. The smallest absolute Gasteiger partial charge is 0.295 e. The number of hydrogen-bond acceptors (Lipinski definition) is 5. The number of carbonyl (C=O) groups is 1. The third-order valence-electron chi connectivity index (χ3n) is 7.64. The number of rotatable bonds is 5. The SMILES string of the molecule is CN(C)c1ccc(C(=O)N=Nc2c(O)n(CN3CC4(C)CC3CC(C)(C)C4)c3ccccc23)cc1. The van der Waals surface area contributed by atoms with Crippen molar-refractivity contribution in [3.05, 3.63) is 54.1 Å². The first-order valence-electron chi connectivity index (χ1n) is 12.3. The maximum Gasteiger partial charge on any atom is 0.295 e. The number of hydrogen-bond donors (Lipinski definition) is 1. The second kappa shape index (κ2) is 8.48. The number of anilines is 1. The molecular formula is C28H35N5O2. The van der Waals surface area contributed by atoms with Crippen molar-refractivity contribution in [1.29, 1.82) is 0 Å². The number of amides is 1. The number of benzene rings is 2. The lowest BCUT2D eigenvalue weighted by atomic mass is 9.65. The molecule has 2 fully saturated rings. The van der Waals surface area contributed by atoms with Crippen molar-refractivity contribution < 1.29 is 9.90 Å². The highest BCUT2D eigenvalue weighted by atomic mass is 16.3. The van der Waals surface area contributed by atoms with Gasteiger partial charge in [-0.3, -0.25) is 14.3 Å². The first kappa shape index (κ1) is 23.5. The molecule has 2 aromatic carbocycles. The van der Waals surface area contributed by atoms with Crippen LogP contribution in [-0.4, -0.2) is 47.2 Å². The first-order valence-corrected chi connectivity index (χ1v) is 12.3. The summed E-state index contributed by atoms with van der Waals surface area (Å²) in [5.74, 6) is -0.383. The van der Waals surface area contributed by atoms with Crippen molar-refractivity contribution in [2.24, 2.45) is 21.1 Å². The molecule has 3 aromatic rings. The van der Waals surface area contributed by atoms with Gasteiger partial charge in [-0.1, -0.05) is 39.0 Å². The Morgan fingerprint density at radius 3 is 2.51 bits per heavy atom. The van der Waals surface area contributed by atoms with Gasteiger partial charge in [-0.15, -0.1) is 10.2 Å². The van der Waals surface area contributed by atoms with Crippen molar-refractivity contribution in [2.75, 3.05) is 25.5 Å². The minimum absolute atomic E-state index is 0.0524. The molecule has 1 saturated carbocycles. The number of azo groups is 1. The van der Waals surface area contributed by atoms with Gasteiger partial charge in [-0.2, -0.15) is 0 Å². The van der Waals surface area contributed by atoms with Gasteiger partial charge in [0.25, 0.3) is 5.91 Å². The molecule has 2 unspecified atom stereocenters. The molecule has 7 heteroatoms. The molecule has 2 heterocycles. The Kier molecular flexibility index (Phi) is 5.71. The van der Waals surface area contributed by atoms with Crippen molar-refractivity contribution >= 4 is 28.2 Å². The van der Waals surface area contributed by atoms with Crippen LogP contribution in [-0.2, 0) is 6.67 Å². The molecule has 5 rings (SSSR count). The van der Waals surface area contributed by atoms with Crippen LogP contribution < -0.4 is 4.90 Å². The lowest BCUT2D eigenvalue weighted by Crippen LogP contribution is -2.35. The van der Waals surface area contributed by atoms with Gasteiger partial charge in [0, 0.05) is 43.3 Å². The van der Waals surface area contributed by atoms with E-state index in [1.54, 1.807) is 12.1 Å². The van der Waals surface area contributed by atoms with Gasteiger partial charge >= 0.3 is 0 Å². The van der Waals surface area contributed by atoms with E-state index in [9.17, 15) is 9.90 Å². The predicted octanol–water partition coefficient (Wildman–Crippen LogP) is 6.20. The Bertz CT molecular complexity index is 1290. The average Bonchev–Trinajstić information content (AvgIpc) is 3.20. The molecular weight excluding hydrogens is 438 g/mol. The predicted molar refractivity (Wildman–Crippen MR) is 139 cm³/mol. The maximum atomic E-state index is 12.7. The Labute approximate surface area is 207 Å². The number of fused-ring (bicyclic) bond motifs is 3. The highest BCUT2D eigenvalue weighted by Gasteiger charge is 2.49. The molecule has 0 radical (unpaired) electrons. The molecule has 1 aromatic heterocycles. The number of likely N-dealkylation sites (tertiary alicyclic amines) is 1. The molecule has 1 N–H and O–H groups in total. The van der Waals surface area contributed by atoms with Crippen LogP contribution in [0.25, 0.3) is 10.9 Å². The number of para-hydroxylation sites is 1. The van der Waals surface area contributed by atoms with Crippen LogP contribution in [0.15, 0.2) is 58.8 Å². The summed E-state index contributed by atoms with van der Waals surface area (Å²) in [6.07, 6.45) is 3.59. The second-order valence-electron chi connectivity index (χ2n) is 11.7. The monoisotopic (exact) mass is 473 g/mol. The lowest BCUT2D eigenvalue weighted by Gasteiger charge is -2.40. The van der Waals surface area contributed by atoms with Crippen LogP contribution in [0.2, 0.25) is 0 Å². The van der Waals surface area contributed by atoms with Gasteiger partial charge < -0.3 is 10.0 Å². The Morgan fingerprint density at radius 1 is 1.09 bits per heavy atom. The van der Waals surface area contributed by atoms with E-state index in [1.807, 2.05) is 60.0 Å². The Balaban J connectivity index is 1.43. The molecule has 2 aliphatic rings. The lowest BCUT2D eigenvalue weighted by molar-refractivity contribution is 0.0995. The number of aromatic hydroxyl groups is 1. The standard InChI is InChI=1S/C28H35N5O2/c1-27(2)14-21-15-28(3,16-27)17-32(21)18-33-23-9-7-6-8-22(23)24(26(33)35)29-30-25(34)19-10-12-20(13-11-19)31(4)5/h6-13,21,35H,14-18H2,1-5H3. The van der Waals surface area contributed by atoms with E-state index < -0.39 is 5.91 Å². The third-order valence-corrected chi connectivity index (χ3v) is 7.64. The zero-order chi connectivity index (χ0) is 25.0. The second-order valence-corrected chi connectivity index (χ2v) is 11.7. The molecule has 2 bridgehead atoms. The van der Waals surface area contributed by atoms with Gasteiger partial charge in [-0.25, -0.2) is 0 Å². The van der Waals surface area contributed by atoms with Crippen molar-refractivity contribution in [1.82, 2.24) is 9.47 Å². The molecule has 1 amide bonds. The highest BCUT2D eigenvalue weighted by Crippen LogP contribution is 2.53. The largest absolute Gasteiger partial charge is 0.493 e. The summed E-state index contributed by atoms with van der Waals surface area (Å²) in [5.41, 5.74) is 3.34. The summed E-state index contributed by atoms with van der Waals surface area (Å²) in [6, 6.07) is 15.5. The quantitative estimate of drug-likeness (QED) is 0.448. The van der Waals surface area contributed by atoms with Crippen molar-refractivity contribution in [2.45, 2.75) is 52.7 Å². The topological polar surface area (TPSA) is 73.4 Å². The van der Waals surface area contributed by atoms with E-state index in [-0.39, 0.29) is 5.88 Å². The van der Waals surface area contributed by atoms with Gasteiger partial charge in [0.05, 0.1) is 12.2 Å². The number of nitrogens with zero attached hydrogens (tertiary/aromatic N) is 5. The zero-order valence-electron chi connectivity index (χ0n) is 21.3. The fourth-order valence-electron chi connectivity index (χ4n) is 6.49. The summed E-state index contributed by atoms with van der Waals surface area (Å²) < 4.78 is 1.91. The summed E-state index contributed by atoms with van der Waals surface area (Å²) >= 11 is 0. The van der Waals surface area contributed by atoms with Crippen LogP contribution in [0.3, 0.4) is 0 Å². The van der Waals surface area contributed by atoms with Crippen molar-refractivity contribution in [3.63, 3.8) is 0 Å². The fraction of sp³-hybridized carbons (Fsp3) is 0.464. The minimum atomic E-state index is -0.435. The number of aromatic nitrogens is 1. The maximum absolute atomic E-state index is 12.7. The summed E-state index contributed by atoms with van der Waals surface area (Å²) in [4.78, 5) is 17.2. The summed E-state index contributed by atoms with van der Waals surface area (Å²) in [7, 11) is 3.90. The highest BCUT2D eigenvalue weighted by molar-refractivity contribution is 5.97. The normalized spacial score (nSPS) is 23.9.